The fraction of sp³-hybridized carbons (Fsp3) is 0.417. The summed E-state index contributed by atoms with van der Waals surface area (Å²) in [4.78, 5) is 28.7. The van der Waals surface area contributed by atoms with E-state index in [9.17, 15) is 9.59 Å². The van der Waals surface area contributed by atoms with Crippen LogP contribution in [0.2, 0.25) is 0 Å². The standard InChI is InChI=1S/C12H14N2O3S/c15-11(16)7-9-8-18-6-5-14(9)12(17)10-3-1-2-4-13-10/h1-4,9H,5-8H2,(H,15,16). The maximum Gasteiger partial charge on any atom is 0.305 e. The number of hydrogen-bond donors (Lipinski definition) is 1. The van der Waals surface area contributed by atoms with Crippen LogP contribution in [0.5, 0.6) is 0 Å². The maximum atomic E-state index is 12.3. The molecule has 1 unspecified atom stereocenters. The van der Waals surface area contributed by atoms with E-state index >= 15 is 0 Å². The Morgan fingerprint density at radius 2 is 2.33 bits per heavy atom. The molecule has 0 spiro atoms. The van der Waals surface area contributed by atoms with Crippen LogP contribution in [-0.4, -0.2) is 51.0 Å². The van der Waals surface area contributed by atoms with Gasteiger partial charge in [-0.05, 0) is 12.1 Å². The molecule has 1 aromatic heterocycles. The molecule has 0 aromatic carbocycles. The van der Waals surface area contributed by atoms with Gasteiger partial charge in [-0.15, -0.1) is 0 Å². The van der Waals surface area contributed by atoms with Crippen LogP contribution < -0.4 is 0 Å². The SMILES string of the molecule is O=C(O)CC1CSCCN1C(=O)c1ccccn1. The van der Waals surface area contributed by atoms with Gasteiger partial charge < -0.3 is 10.0 Å². The molecular formula is C12H14N2O3S. The summed E-state index contributed by atoms with van der Waals surface area (Å²) in [7, 11) is 0. The molecule has 0 bridgehead atoms. The van der Waals surface area contributed by atoms with Gasteiger partial charge in [-0.25, -0.2) is 0 Å². The summed E-state index contributed by atoms with van der Waals surface area (Å²) in [6, 6.07) is 4.92. The predicted octanol–water partition coefficient (Wildman–Crippen LogP) is 1.11. The summed E-state index contributed by atoms with van der Waals surface area (Å²) in [6.07, 6.45) is 1.56. The van der Waals surface area contributed by atoms with Gasteiger partial charge in [-0.1, -0.05) is 6.07 Å². The zero-order valence-corrected chi connectivity index (χ0v) is 10.6. The van der Waals surface area contributed by atoms with Crippen LogP contribution in [0.4, 0.5) is 0 Å². The molecule has 6 heteroatoms. The average Bonchev–Trinajstić information content (AvgIpc) is 2.39. The van der Waals surface area contributed by atoms with Crippen LogP contribution in [0.25, 0.3) is 0 Å². The Kier molecular flexibility index (Phi) is 4.19. The monoisotopic (exact) mass is 266 g/mol. The average molecular weight is 266 g/mol. The molecule has 1 amide bonds. The van der Waals surface area contributed by atoms with Gasteiger partial charge in [0, 0.05) is 24.2 Å². The lowest BCUT2D eigenvalue weighted by Crippen LogP contribution is -2.47. The molecule has 1 N–H and O–H groups in total. The molecule has 1 atom stereocenters. The summed E-state index contributed by atoms with van der Waals surface area (Å²) in [6.45, 7) is 0.581. The Morgan fingerprint density at radius 1 is 1.50 bits per heavy atom. The number of pyridine rings is 1. The largest absolute Gasteiger partial charge is 0.481 e. The number of carbonyl (C=O) groups excluding carboxylic acids is 1. The summed E-state index contributed by atoms with van der Waals surface area (Å²) < 4.78 is 0. The van der Waals surface area contributed by atoms with Gasteiger partial charge in [-0.2, -0.15) is 11.8 Å². The molecule has 96 valence electrons. The number of thioether (sulfide) groups is 1. The fourth-order valence-corrected chi connectivity index (χ4v) is 2.99. The number of carbonyl (C=O) groups is 2. The third-order valence-corrected chi connectivity index (χ3v) is 3.87. The third kappa shape index (κ3) is 3.01. The molecule has 5 nitrogen and oxygen atoms in total. The Labute approximate surface area is 109 Å². The highest BCUT2D eigenvalue weighted by molar-refractivity contribution is 7.99. The van der Waals surface area contributed by atoms with E-state index in [4.69, 9.17) is 5.11 Å². The van der Waals surface area contributed by atoms with E-state index in [1.807, 2.05) is 0 Å². The second-order valence-electron chi connectivity index (χ2n) is 4.04. The van der Waals surface area contributed by atoms with Crippen LogP contribution in [0.3, 0.4) is 0 Å². The van der Waals surface area contributed by atoms with Crippen molar-refractivity contribution in [3.05, 3.63) is 30.1 Å². The third-order valence-electron chi connectivity index (χ3n) is 2.78. The van der Waals surface area contributed by atoms with Crippen LogP contribution in [-0.2, 0) is 4.79 Å². The number of nitrogens with zero attached hydrogens (tertiary/aromatic N) is 2. The first-order chi connectivity index (χ1) is 8.68. The van der Waals surface area contributed by atoms with Gasteiger partial charge in [0.1, 0.15) is 5.69 Å². The van der Waals surface area contributed by atoms with Crippen molar-refractivity contribution in [3.63, 3.8) is 0 Å². The molecule has 1 aromatic rings. The minimum absolute atomic E-state index is 0.00836. The summed E-state index contributed by atoms with van der Waals surface area (Å²) >= 11 is 1.68. The first kappa shape index (κ1) is 12.9. The van der Waals surface area contributed by atoms with Gasteiger partial charge in [0.25, 0.3) is 5.91 Å². The molecule has 1 saturated heterocycles. The normalized spacial score (nSPS) is 19.6. The van der Waals surface area contributed by atoms with Crippen LogP contribution in [0, 0.1) is 0 Å². The first-order valence-electron chi connectivity index (χ1n) is 5.70. The molecule has 1 aliphatic heterocycles. The summed E-state index contributed by atoms with van der Waals surface area (Å²) in [5, 5.41) is 8.87. The minimum Gasteiger partial charge on any atom is -0.481 e. The molecular weight excluding hydrogens is 252 g/mol. The van der Waals surface area contributed by atoms with E-state index in [2.05, 4.69) is 4.98 Å². The number of aromatic nitrogens is 1. The van der Waals surface area contributed by atoms with E-state index in [0.29, 0.717) is 18.0 Å². The molecule has 18 heavy (non-hydrogen) atoms. The van der Waals surface area contributed by atoms with Crippen molar-refractivity contribution in [2.45, 2.75) is 12.5 Å². The van der Waals surface area contributed by atoms with Crippen molar-refractivity contribution in [2.75, 3.05) is 18.1 Å². The van der Waals surface area contributed by atoms with Crippen molar-refractivity contribution in [1.29, 1.82) is 0 Å². The zero-order valence-electron chi connectivity index (χ0n) is 9.78. The quantitative estimate of drug-likeness (QED) is 0.887. The van der Waals surface area contributed by atoms with Crippen molar-refractivity contribution in [3.8, 4) is 0 Å². The van der Waals surface area contributed by atoms with Gasteiger partial charge in [0.15, 0.2) is 0 Å². The molecule has 0 aliphatic carbocycles. The van der Waals surface area contributed by atoms with Crippen molar-refractivity contribution in [2.24, 2.45) is 0 Å². The van der Waals surface area contributed by atoms with E-state index in [-0.39, 0.29) is 18.4 Å². The first-order valence-corrected chi connectivity index (χ1v) is 6.85. The minimum atomic E-state index is -0.874. The van der Waals surface area contributed by atoms with Gasteiger partial charge in [0.05, 0.1) is 12.5 Å². The number of rotatable bonds is 3. The van der Waals surface area contributed by atoms with E-state index in [0.717, 1.165) is 5.75 Å². The maximum absolute atomic E-state index is 12.3. The highest BCUT2D eigenvalue weighted by Crippen LogP contribution is 2.20. The molecule has 2 rings (SSSR count). The second kappa shape index (κ2) is 5.86. The molecule has 0 saturated carbocycles. The Hall–Kier alpha value is -1.56. The van der Waals surface area contributed by atoms with Gasteiger partial charge >= 0.3 is 5.97 Å². The second-order valence-corrected chi connectivity index (χ2v) is 5.19. The molecule has 1 fully saturated rings. The Morgan fingerprint density at radius 3 is 3.00 bits per heavy atom. The van der Waals surface area contributed by atoms with Gasteiger partial charge in [0.2, 0.25) is 0 Å². The van der Waals surface area contributed by atoms with E-state index < -0.39 is 5.97 Å². The summed E-state index contributed by atoms with van der Waals surface area (Å²) in [5.74, 6) is 0.461. The molecule has 0 radical (unpaired) electrons. The van der Waals surface area contributed by atoms with E-state index in [1.165, 1.54) is 0 Å². The lowest BCUT2D eigenvalue weighted by Gasteiger charge is -2.34. The van der Waals surface area contributed by atoms with Crippen LogP contribution >= 0.6 is 11.8 Å². The molecule has 1 aliphatic rings. The van der Waals surface area contributed by atoms with Crippen molar-refractivity contribution < 1.29 is 14.7 Å². The predicted molar refractivity (Wildman–Crippen MR) is 68.6 cm³/mol. The molecule has 2 heterocycles. The Balaban J connectivity index is 2.13. The highest BCUT2D eigenvalue weighted by Gasteiger charge is 2.29. The number of aliphatic carboxylic acids is 1. The number of carboxylic acids is 1. The number of carboxylic acid groups (broad SMARTS) is 1. The fourth-order valence-electron chi connectivity index (χ4n) is 1.93. The Bertz CT molecular complexity index is 438. The number of amides is 1. The zero-order chi connectivity index (χ0) is 13.0. The van der Waals surface area contributed by atoms with Crippen LogP contribution in [0.15, 0.2) is 24.4 Å². The van der Waals surface area contributed by atoms with E-state index in [1.54, 1.807) is 41.1 Å². The lowest BCUT2D eigenvalue weighted by molar-refractivity contribution is -0.138. The van der Waals surface area contributed by atoms with Gasteiger partial charge in [-0.3, -0.25) is 14.6 Å². The summed E-state index contributed by atoms with van der Waals surface area (Å²) in [5.41, 5.74) is 0.375. The highest BCUT2D eigenvalue weighted by atomic mass is 32.2. The number of hydrogen-bond acceptors (Lipinski definition) is 4. The van der Waals surface area contributed by atoms with Crippen molar-refractivity contribution in [1.82, 2.24) is 9.88 Å². The lowest BCUT2D eigenvalue weighted by atomic mass is 10.1. The van der Waals surface area contributed by atoms with Crippen molar-refractivity contribution >= 4 is 23.6 Å². The smallest absolute Gasteiger partial charge is 0.305 e. The topological polar surface area (TPSA) is 70.5 Å². The van der Waals surface area contributed by atoms with Crippen LogP contribution in [0.1, 0.15) is 16.9 Å².